The number of rotatable bonds is 2. The molecule has 23 heavy (non-hydrogen) atoms. The van der Waals surface area contributed by atoms with Crippen LogP contribution in [0.3, 0.4) is 0 Å². The van der Waals surface area contributed by atoms with Crippen molar-refractivity contribution >= 4 is 11.3 Å². The molecule has 0 aliphatic carbocycles. The highest BCUT2D eigenvalue weighted by Gasteiger charge is 2.18. The second-order valence-electron chi connectivity index (χ2n) is 4.45. The van der Waals surface area contributed by atoms with Crippen molar-refractivity contribution in [1.82, 2.24) is 5.10 Å². The molecule has 0 radical (unpaired) electrons. The predicted molar refractivity (Wildman–Crippen MR) is 74.2 cm³/mol. The topological polar surface area (TPSA) is 109 Å². The Labute approximate surface area is 139 Å². The third kappa shape index (κ3) is 5.68. The highest BCUT2D eigenvalue weighted by Crippen LogP contribution is 2.28. The van der Waals surface area contributed by atoms with Gasteiger partial charge in [-0.05, 0) is 23.5 Å². The Bertz CT molecular complexity index is 739. The van der Waals surface area contributed by atoms with Gasteiger partial charge in [0.25, 0.3) is 5.01 Å². The molecule has 0 spiro atoms. The lowest BCUT2D eigenvalue weighted by Gasteiger charge is -2.17. The zero-order chi connectivity index (χ0) is 16.9. The number of aromatic nitrogens is 2. The van der Waals surface area contributed by atoms with E-state index in [0.717, 1.165) is 5.01 Å². The van der Waals surface area contributed by atoms with Gasteiger partial charge in [-0.25, -0.2) is 18.6 Å². The fourth-order valence-electron chi connectivity index (χ4n) is 1.88. The van der Waals surface area contributed by atoms with Gasteiger partial charge in [-0.1, -0.05) is 53.2 Å². The maximum absolute atomic E-state index is 8.49. The fraction of sp³-hybridized carbons (Fsp3) is 0.0667. The minimum atomic E-state index is -4.94. The summed E-state index contributed by atoms with van der Waals surface area (Å²) in [7, 11) is -2.95. The molecule has 1 aromatic heterocycles. The summed E-state index contributed by atoms with van der Waals surface area (Å²) in [4.78, 5) is 0. The Morgan fingerprint density at radius 3 is 1.74 bits per heavy atom. The smallest absolute Gasteiger partial charge is 0.222 e. The van der Waals surface area contributed by atoms with Gasteiger partial charge in [0, 0.05) is 10.7 Å². The number of hydrogen-bond donors (Lipinski definition) is 0. The van der Waals surface area contributed by atoms with Gasteiger partial charge in [-0.3, -0.25) is 0 Å². The highest BCUT2D eigenvalue weighted by molar-refractivity contribution is 7.17. The largest absolute Gasteiger partial charge is 0.296 e. The van der Waals surface area contributed by atoms with E-state index in [0.29, 0.717) is 0 Å². The van der Waals surface area contributed by atoms with Gasteiger partial charge < -0.3 is 0 Å². The quantitative estimate of drug-likeness (QED) is 0.524. The molecule has 3 rings (SSSR count). The molecule has 0 aliphatic heterocycles. The molecule has 0 unspecified atom stereocenters. The van der Waals surface area contributed by atoms with Crippen LogP contribution in [0.5, 0.6) is 0 Å². The Hall–Kier alpha value is -1.87. The zero-order valence-electron chi connectivity index (χ0n) is 12.1. The minimum Gasteiger partial charge on any atom is -0.222 e. The number of nitrogens with zero attached hydrogens (tertiary/aromatic N) is 2. The van der Waals surface area contributed by atoms with E-state index in [9.17, 15) is 0 Å². The molecule has 120 valence electrons. The van der Waals surface area contributed by atoms with Crippen LogP contribution >= 0.6 is 11.3 Å². The molecule has 0 N–H and O–H groups in total. The number of benzene rings is 2. The van der Waals surface area contributed by atoms with Gasteiger partial charge in [0.15, 0.2) is 12.1 Å². The number of halogens is 1. The average Bonchev–Trinajstić information content (AvgIpc) is 2.89. The molecule has 3 aromatic rings. The molecule has 2 aromatic carbocycles. The number of hydrogen-bond acceptors (Lipinski definition) is 6. The Morgan fingerprint density at radius 1 is 0.826 bits per heavy atom. The molecule has 1 heterocycles. The van der Waals surface area contributed by atoms with Crippen molar-refractivity contribution in [3.8, 4) is 21.1 Å². The van der Waals surface area contributed by atoms with Gasteiger partial charge in [-0.2, -0.15) is 0 Å². The zero-order valence-corrected chi connectivity index (χ0v) is 13.7. The van der Waals surface area contributed by atoms with E-state index in [1.807, 2.05) is 36.0 Å². The Balaban J connectivity index is 0.000000338. The van der Waals surface area contributed by atoms with Crippen LogP contribution in [-0.4, -0.2) is 5.10 Å². The van der Waals surface area contributed by atoms with Gasteiger partial charge in [0.2, 0.25) is 0 Å². The van der Waals surface area contributed by atoms with Crippen molar-refractivity contribution in [2.45, 2.75) is 0 Å². The van der Waals surface area contributed by atoms with E-state index in [1.165, 1.54) is 16.1 Å². The van der Waals surface area contributed by atoms with Crippen LogP contribution in [0.4, 0.5) is 0 Å². The summed E-state index contributed by atoms with van der Waals surface area (Å²) in [6, 6.07) is 20.6. The predicted octanol–water partition coefficient (Wildman–Crippen LogP) is -1.45. The first-order valence-electron chi connectivity index (χ1n) is 6.44. The first-order chi connectivity index (χ1) is 10.8. The Kier molecular flexibility index (Phi) is 5.78. The normalized spacial score (nSPS) is 10.8. The van der Waals surface area contributed by atoms with Crippen LogP contribution in [0, 0.1) is 10.2 Å². The summed E-state index contributed by atoms with van der Waals surface area (Å²) in [5.74, 6) is 0. The van der Waals surface area contributed by atoms with Crippen LogP contribution in [-0.2, 0) is 7.05 Å². The second-order valence-corrected chi connectivity index (χ2v) is 6.18. The molecule has 6 nitrogen and oxygen atoms in total. The molecule has 0 saturated heterocycles. The summed E-state index contributed by atoms with van der Waals surface area (Å²) >= 11 is 1.72. The van der Waals surface area contributed by atoms with Crippen molar-refractivity contribution in [3.63, 3.8) is 0 Å². The molecule has 0 bridgehead atoms. The molecule has 0 atom stereocenters. The van der Waals surface area contributed by atoms with E-state index in [1.54, 1.807) is 11.3 Å². The minimum absolute atomic E-state index is 1.05. The maximum Gasteiger partial charge on any atom is 0.296 e. The SMILES string of the molecule is C[n+]1nc(-c2ccccc2)sc1-c1ccccc1.[O-][Cl+3]([O-])([O-])[O-]. The van der Waals surface area contributed by atoms with Crippen LogP contribution in [0.15, 0.2) is 60.7 Å². The standard InChI is InChI=1S/C15H13N2S.ClHO4/c1-17-15(13-10-6-3-7-11-13)18-14(16-17)12-8-4-2-5-9-12;2-1(3,4)5/h2-11H,1H3;(H,2,3,4,5)/q+1;/p-1. The first-order valence-corrected chi connectivity index (χ1v) is 8.49. The van der Waals surface area contributed by atoms with E-state index in [-0.39, 0.29) is 0 Å². The maximum atomic E-state index is 8.49. The molecule has 0 amide bonds. The summed E-state index contributed by atoms with van der Waals surface area (Å²) in [6.07, 6.45) is 0. The lowest BCUT2D eigenvalue weighted by Crippen LogP contribution is -2.68. The second kappa shape index (κ2) is 7.60. The summed E-state index contributed by atoms with van der Waals surface area (Å²) in [5.41, 5.74) is 2.37. The van der Waals surface area contributed by atoms with Crippen LogP contribution < -0.4 is 23.3 Å². The van der Waals surface area contributed by atoms with Crippen molar-refractivity contribution in [2.75, 3.05) is 0 Å². The van der Waals surface area contributed by atoms with Crippen molar-refractivity contribution in [2.24, 2.45) is 7.05 Å². The lowest BCUT2D eigenvalue weighted by molar-refractivity contribution is -2.00. The fourth-order valence-corrected chi connectivity index (χ4v) is 2.91. The van der Waals surface area contributed by atoms with Crippen LogP contribution in [0.1, 0.15) is 0 Å². The van der Waals surface area contributed by atoms with E-state index in [2.05, 4.69) is 41.5 Å². The van der Waals surface area contributed by atoms with Gasteiger partial charge >= 0.3 is 0 Å². The monoisotopic (exact) mass is 352 g/mol. The van der Waals surface area contributed by atoms with Crippen LogP contribution in [0.25, 0.3) is 21.1 Å². The lowest BCUT2D eigenvalue weighted by atomic mass is 10.2. The van der Waals surface area contributed by atoms with E-state index < -0.39 is 10.2 Å². The average molecular weight is 353 g/mol. The summed E-state index contributed by atoms with van der Waals surface area (Å²) in [5, 5.41) is 6.82. The van der Waals surface area contributed by atoms with Crippen molar-refractivity contribution in [1.29, 1.82) is 0 Å². The summed E-state index contributed by atoms with van der Waals surface area (Å²) < 4.78 is 35.9. The molecule has 0 saturated carbocycles. The van der Waals surface area contributed by atoms with E-state index >= 15 is 0 Å². The van der Waals surface area contributed by atoms with Crippen LogP contribution in [0.2, 0.25) is 0 Å². The molecule has 0 fully saturated rings. The number of aryl methyl sites for hydroxylation is 1. The molecule has 0 aliphatic rings. The molecule has 8 heteroatoms. The third-order valence-electron chi connectivity index (χ3n) is 2.77. The Morgan fingerprint density at radius 2 is 1.26 bits per heavy atom. The van der Waals surface area contributed by atoms with E-state index in [4.69, 9.17) is 18.6 Å². The van der Waals surface area contributed by atoms with Gasteiger partial charge in [0.1, 0.15) is 0 Å². The van der Waals surface area contributed by atoms with Gasteiger partial charge in [0.05, 0.1) is 5.56 Å². The molecular formula is C15H13ClN2O4S. The first kappa shape index (κ1) is 17.5. The summed E-state index contributed by atoms with van der Waals surface area (Å²) in [6.45, 7) is 0. The third-order valence-corrected chi connectivity index (χ3v) is 3.97. The van der Waals surface area contributed by atoms with Crippen molar-refractivity contribution < 1.29 is 33.6 Å². The van der Waals surface area contributed by atoms with Crippen molar-refractivity contribution in [3.05, 3.63) is 60.7 Å². The molecular weight excluding hydrogens is 340 g/mol. The van der Waals surface area contributed by atoms with Gasteiger partial charge in [-0.15, -0.1) is 10.2 Å². The highest BCUT2D eigenvalue weighted by atomic mass is 35.7.